The molecule has 0 aliphatic rings. The van der Waals surface area contributed by atoms with Crippen molar-refractivity contribution in [3.63, 3.8) is 0 Å². The Balaban J connectivity index is 2.29. The van der Waals surface area contributed by atoms with Gasteiger partial charge in [0.15, 0.2) is 0 Å². The van der Waals surface area contributed by atoms with Crippen molar-refractivity contribution in [1.29, 1.82) is 0 Å². The molecule has 1 nitrogen and oxygen atoms in total. The standard InChI is InChI=1S/C17H20IN/c1-12(2)10-13-6-5-7-14(11-13)17(19)15-8-3-4-9-16(15)18/h3-9,11-12,17H,10,19H2,1-2H3. The van der Waals surface area contributed by atoms with Crippen molar-refractivity contribution in [3.8, 4) is 0 Å². The van der Waals surface area contributed by atoms with E-state index < -0.39 is 0 Å². The zero-order valence-corrected chi connectivity index (χ0v) is 13.6. The van der Waals surface area contributed by atoms with Crippen LogP contribution >= 0.6 is 22.6 Å². The fraction of sp³-hybridized carbons (Fsp3) is 0.294. The van der Waals surface area contributed by atoms with Crippen molar-refractivity contribution in [2.75, 3.05) is 0 Å². The number of rotatable bonds is 4. The lowest BCUT2D eigenvalue weighted by atomic mass is 9.95. The Kier molecular flexibility index (Phi) is 4.99. The predicted octanol–water partition coefficient (Wildman–Crippen LogP) is 4.54. The molecule has 0 saturated heterocycles. The fourth-order valence-electron chi connectivity index (χ4n) is 2.29. The fourth-order valence-corrected chi connectivity index (χ4v) is 3.01. The van der Waals surface area contributed by atoms with E-state index in [-0.39, 0.29) is 6.04 Å². The maximum atomic E-state index is 6.41. The molecule has 0 aromatic heterocycles. The van der Waals surface area contributed by atoms with Gasteiger partial charge in [-0.15, -0.1) is 0 Å². The zero-order chi connectivity index (χ0) is 13.8. The highest BCUT2D eigenvalue weighted by Gasteiger charge is 2.12. The third kappa shape index (κ3) is 3.80. The molecule has 0 fully saturated rings. The average molecular weight is 365 g/mol. The third-order valence-electron chi connectivity index (χ3n) is 3.19. The van der Waals surface area contributed by atoms with Crippen molar-refractivity contribution in [2.45, 2.75) is 26.3 Å². The smallest absolute Gasteiger partial charge is 0.0562 e. The largest absolute Gasteiger partial charge is 0.320 e. The van der Waals surface area contributed by atoms with Gasteiger partial charge in [-0.05, 0) is 57.7 Å². The van der Waals surface area contributed by atoms with Crippen LogP contribution in [0.4, 0.5) is 0 Å². The van der Waals surface area contributed by atoms with Crippen LogP contribution in [0.1, 0.15) is 36.6 Å². The monoisotopic (exact) mass is 365 g/mol. The number of benzene rings is 2. The molecule has 1 atom stereocenters. The van der Waals surface area contributed by atoms with Crippen LogP contribution in [0.25, 0.3) is 0 Å². The van der Waals surface area contributed by atoms with E-state index in [1.54, 1.807) is 0 Å². The highest BCUT2D eigenvalue weighted by atomic mass is 127. The van der Waals surface area contributed by atoms with Crippen LogP contribution in [0, 0.1) is 9.49 Å². The summed E-state index contributed by atoms with van der Waals surface area (Å²) in [6.45, 7) is 4.49. The summed E-state index contributed by atoms with van der Waals surface area (Å²) in [6, 6.07) is 16.9. The maximum absolute atomic E-state index is 6.41. The Morgan fingerprint density at radius 2 is 1.79 bits per heavy atom. The van der Waals surface area contributed by atoms with Crippen LogP contribution < -0.4 is 5.73 Å². The van der Waals surface area contributed by atoms with Crippen LogP contribution in [-0.2, 0) is 6.42 Å². The van der Waals surface area contributed by atoms with E-state index >= 15 is 0 Å². The second-order valence-corrected chi connectivity index (χ2v) is 6.50. The van der Waals surface area contributed by atoms with Gasteiger partial charge in [0.2, 0.25) is 0 Å². The predicted molar refractivity (Wildman–Crippen MR) is 90.2 cm³/mol. The van der Waals surface area contributed by atoms with Crippen molar-refractivity contribution in [2.24, 2.45) is 11.7 Å². The molecule has 19 heavy (non-hydrogen) atoms. The molecular weight excluding hydrogens is 345 g/mol. The molecule has 2 aromatic rings. The Morgan fingerprint density at radius 3 is 2.47 bits per heavy atom. The first-order valence-corrected chi connectivity index (χ1v) is 7.74. The number of halogens is 1. The second-order valence-electron chi connectivity index (χ2n) is 5.34. The van der Waals surface area contributed by atoms with Gasteiger partial charge in [0, 0.05) is 3.57 Å². The highest BCUT2D eigenvalue weighted by Crippen LogP contribution is 2.25. The number of nitrogens with two attached hydrogens (primary N) is 1. The van der Waals surface area contributed by atoms with Gasteiger partial charge in [0.05, 0.1) is 6.04 Å². The number of hydrogen-bond donors (Lipinski definition) is 1. The summed E-state index contributed by atoms with van der Waals surface area (Å²) in [5.74, 6) is 0.670. The van der Waals surface area contributed by atoms with E-state index in [0.29, 0.717) is 5.92 Å². The summed E-state index contributed by atoms with van der Waals surface area (Å²) in [5, 5.41) is 0. The molecule has 2 heteroatoms. The second kappa shape index (κ2) is 6.53. The SMILES string of the molecule is CC(C)Cc1cccc(C(N)c2ccccc2I)c1. The molecule has 0 bridgehead atoms. The van der Waals surface area contributed by atoms with E-state index in [1.165, 1.54) is 20.3 Å². The summed E-state index contributed by atoms with van der Waals surface area (Å²) < 4.78 is 1.22. The molecule has 0 aliphatic carbocycles. The van der Waals surface area contributed by atoms with Crippen molar-refractivity contribution < 1.29 is 0 Å². The van der Waals surface area contributed by atoms with Gasteiger partial charge in [-0.1, -0.05) is 56.3 Å². The average Bonchev–Trinajstić information content (AvgIpc) is 2.38. The Bertz CT molecular complexity index is 548. The molecule has 0 amide bonds. The van der Waals surface area contributed by atoms with Crippen LogP contribution in [0.2, 0.25) is 0 Å². The molecule has 2 aromatic carbocycles. The molecule has 0 aliphatic heterocycles. The minimum atomic E-state index is -0.0415. The van der Waals surface area contributed by atoms with Crippen molar-refractivity contribution >= 4 is 22.6 Å². The van der Waals surface area contributed by atoms with Crippen molar-refractivity contribution in [3.05, 3.63) is 68.8 Å². The first-order valence-electron chi connectivity index (χ1n) is 6.66. The van der Waals surface area contributed by atoms with Gasteiger partial charge in [0.25, 0.3) is 0 Å². The van der Waals surface area contributed by atoms with Crippen LogP contribution in [0.15, 0.2) is 48.5 Å². The molecule has 2 N–H and O–H groups in total. The van der Waals surface area contributed by atoms with Gasteiger partial charge in [-0.3, -0.25) is 0 Å². The minimum Gasteiger partial charge on any atom is -0.320 e. The summed E-state index contributed by atoms with van der Waals surface area (Å²) in [4.78, 5) is 0. The Morgan fingerprint density at radius 1 is 1.05 bits per heavy atom. The molecule has 0 radical (unpaired) electrons. The first-order chi connectivity index (χ1) is 9.08. The van der Waals surface area contributed by atoms with Crippen LogP contribution in [0.3, 0.4) is 0 Å². The van der Waals surface area contributed by atoms with Gasteiger partial charge >= 0.3 is 0 Å². The third-order valence-corrected chi connectivity index (χ3v) is 4.18. The summed E-state index contributed by atoms with van der Waals surface area (Å²) in [6.07, 6.45) is 1.10. The van der Waals surface area contributed by atoms with Crippen molar-refractivity contribution in [1.82, 2.24) is 0 Å². The molecule has 100 valence electrons. The van der Waals surface area contributed by atoms with E-state index in [2.05, 4.69) is 78.9 Å². The van der Waals surface area contributed by atoms with E-state index in [4.69, 9.17) is 5.73 Å². The maximum Gasteiger partial charge on any atom is 0.0562 e. The zero-order valence-electron chi connectivity index (χ0n) is 11.4. The summed E-state index contributed by atoms with van der Waals surface area (Å²) in [7, 11) is 0. The Labute approximate surface area is 129 Å². The van der Waals surface area contributed by atoms with Crippen LogP contribution in [0.5, 0.6) is 0 Å². The van der Waals surface area contributed by atoms with Gasteiger partial charge in [-0.25, -0.2) is 0 Å². The molecule has 2 rings (SSSR count). The minimum absolute atomic E-state index is 0.0415. The van der Waals surface area contributed by atoms with E-state index in [0.717, 1.165) is 6.42 Å². The molecular formula is C17H20IN. The lowest BCUT2D eigenvalue weighted by Crippen LogP contribution is -2.13. The molecule has 0 heterocycles. The summed E-state index contributed by atoms with van der Waals surface area (Å²) >= 11 is 2.35. The molecule has 1 unspecified atom stereocenters. The molecule has 0 spiro atoms. The quantitative estimate of drug-likeness (QED) is 0.792. The van der Waals surface area contributed by atoms with E-state index in [1.807, 2.05) is 6.07 Å². The normalized spacial score (nSPS) is 12.7. The van der Waals surface area contributed by atoms with Gasteiger partial charge in [-0.2, -0.15) is 0 Å². The summed E-state index contributed by atoms with van der Waals surface area (Å²) in [5.41, 5.74) is 10.2. The topological polar surface area (TPSA) is 26.0 Å². The highest BCUT2D eigenvalue weighted by molar-refractivity contribution is 14.1. The Hall–Kier alpha value is -0.870. The molecule has 0 saturated carbocycles. The lowest BCUT2D eigenvalue weighted by Gasteiger charge is -2.16. The lowest BCUT2D eigenvalue weighted by molar-refractivity contribution is 0.646. The number of hydrogen-bond acceptors (Lipinski definition) is 1. The van der Waals surface area contributed by atoms with Gasteiger partial charge < -0.3 is 5.73 Å². The van der Waals surface area contributed by atoms with Crippen LogP contribution in [-0.4, -0.2) is 0 Å². The van der Waals surface area contributed by atoms with Gasteiger partial charge in [0.1, 0.15) is 0 Å². The first kappa shape index (κ1) is 14.5. The van der Waals surface area contributed by atoms with E-state index in [9.17, 15) is 0 Å².